The van der Waals surface area contributed by atoms with Gasteiger partial charge in [0, 0.05) is 18.1 Å². The molecule has 2 aromatic rings. The summed E-state index contributed by atoms with van der Waals surface area (Å²) in [6, 6.07) is 5.44. The number of fused-ring (bicyclic) bond motifs is 1. The molecule has 1 aromatic heterocycles. The van der Waals surface area contributed by atoms with Crippen molar-refractivity contribution in [3.8, 4) is 5.75 Å². The van der Waals surface area contributed by atoms with Crippen LogP contribution in [0.4, 0.5) is 4.39 Å². The number of ether oxygens (including phenoxy) is 1. The van der Waals surface area contributed by atoms with Crippen molar-refractivity contribution in [1.29, 1.82) is 0 Å². The van der Waals surface area contributed by atoms with E-state index in [0.29, 0.717) is 16.2 Å². The molecule has 25 heavy (non-hydrogen) atoms. The normalized spacial score (nSPS) is 20.0. The Balaban J connectivity index is 0.000000511. The summed E-state index contributed by atoms with van der Waals surface area (Å²) in [5.74, 6) is 1.53. The first kappa shape index (κ1) is 19.7. The van der Waals surface area contributed by atoms with Crippen LogP contribution in [0.3, 0.4) is 0 Å². The van der Waals surface area contributed by atoms with Crippen LogP contribution < -0.4 is 16.0 Å². The maximum Gasteiger partial charge on any atom is 0.255 e. The molecule has 0 atom stereocenters. The molecule has 0 unspecified atom stereocenters. The maximum atomic E-state index is 11.7. The van der Waals surface area contributed by atoms with E-state index in [1.165, 1.54) is 19.3 Å². The molecule has 1 saturated carbocycles. The van der Waals surface area contributed by atoms with Crippen LogP contribution in [0, 0.1) is 5.92 Å². The fourth-order valence-electron chi connectivity index (χ4n) is 3.12. The van der Waals surface area contributed by atoms with Gasteiger partial charge in [0.15, 0.2) is 0 Å². The summed E-state index contributed by atoms with van der Waals surface area (Å²) >= 11 is 6.27. The third-order valence-electron chi connectivity index (χ3n) is 4.60. The SMILES string of the molecule is CCC1CCC(Oc2cc3cc[nH]c(=O)c3cc2Cl)CC1.NCCF. The number of alkyl halides is 1. The number of hydrogen-bond acceptors (Lipinski definition) is 3. The van der Waals surface area contributed by atoms with Crippen LogP contribution in [0.15, 0.2) is 29.2 Å². The average Bonchev–Trinajstić information content (AvgIpc) is 2.64. The fraction of sp³-hybridized carbons (Fsp3) is 0.526. The molecule has 0 radical (unpaired) electrons. The van der Waals surface area contributed by atoms with Crippen molar-refractivity contribution in [2.24, 2.45) is 11.7 Å². The van der Waals surface area contributed by atoms with Gasteiger partial charge in [0.1, 0.15) is 12.4 Å². The third-order valence-corrected chi connectivity index (χ3v) is 4.90. The maximum absolute atomic E-state index is 11.7. The Bertz CT molecular complexity index is 725. The number of rotatable bonds is 4. The zero-order valence-corrected chi connectivity index (χ0v) is 15.3. The second kappa shape index (κ2) is 9.78. The minimum Gasteiger partial charge on any atom is -0.489 e. The highest BCUT2D eigenvalue weighted by Gasteiger charge is 2.22. The Morgan fingerprint density at radius 2 is 2.00 bits per heavy atom. The molecule has 0 amide bonds. The van der Waals surface area contributed by atoms with Gasteiger partial charge < -0.3 is 15.5 Å². The highest BCUT2D eigenvalue weighted by atomic mass is 35.5. The lowest BCUT2D eigenvalue weighted by atomic mass is 9.86. The molecule has 1 aromatic carbocycles. The number of halogens is 2. The first-order valence-electron chi connectivity index (χ1n) is 8.82. The predicted molar refractivity (Wildman–Crippen MR) is 101 cm³/mol. The van der Waals surface area contributed by atoms with Crippen molar-refractivity contribution in [3.05, 3.63) is 39.8 Å². The molecule has 6 heteroatoms. The number of aromatic nitrogens is 1. The van der Waals surface area contributed by atoms with Gasteiger partial charge in [0.05, 0.1) is 11.1 Å². The Labute approximate surface area is 152 Å². The van der Waals surface area contributed by atoms with Crippen molar-refractivity contribution >= 4 is 22.4 Å². The Kier molecular flexibility index (Phi) is 7.72. The highest BCUT2D eigenvalue weighted by molar-refractivity contribution is 6.32. The molecule has 4 nitrogen and oxygen atoms in total. The molecule has 0 saturated heterocycles. The summed E-state index contributed by atoms with van der Waals surface area (Å²) in [5.41, 5.74) is 4.53. The fourth-order valence-corrected chi connectivity index (χ4v) is 3.32. The van der Waals surface area contributed by atoms with E-state index in [4.69, 9.17) is 16.3 Å². The smallest absolute Gasteiger partial charge is 0.255 e. The number of H-pyrrole nitrogens is 1. The van der Waals surface area contributed by atoms with Crippen LogP contribution >= 0.6 is 11.6 Å². The average molecular weight is 369 g/mol. The lowest BCUT2D eigenvalue weighted by molar-refractivity contribution is 0.130. The van der Waals surface area contributed by atoms with Crippen molar-refractivity contribution in [2.45, 2.75) is 45.1 Å². The summed E-state index contributed by atoms with van der Waals surface area (Å²) in [7, 11) is 0. The number of pyridine rings is 1. The first-order valence-corrected chi connectivity index (χ1v) is 9.20. The van der Waals surface area contributed by atoms with Crippen molar-refractivity contribution in [3.63, 3.8) is 0 Å². The van der Waals surface area contributed by atoms with Crippen LogP contribution in [-0.4, -0.2) is 24.3 Å². The molecule has 138 valence electrons. The van der Waals surface area contributed by atoms with Crippen LogP contribution in [0.1, 0.15) is 39.0 Å². The Hall–Kier alpha value is -1.59. The van der Waals surface area contributed by atoms with E-state index in [2.05, 4.69) is 17.6 Å². The summed E-state index contributed by atoms with van der Waals surface area (Å²) in [5, 5.41) is 1.97. The lowest BCUT2D eigenvalue weighted by Crippen LogP contribution is -2.24. The number of benzene rings is 1. The van der Waals surface area contributed by atoms with Crippen molar-refractivity contribution in [2.75, 3.05) is 13.2 Å². The van der Waals surface area contributed by atoms with Crippen LogP contribution in [0.2, 0.25) is 5.02 Å². The third kappa shape index (κ3) is 5.44. The second-order valence-corrected chi connectivity index (χ2v) is 6.73. The summed E-state index contributed by atoms with van der Waals surface area (Å²) in [4.78, 5) is 14.4. The minimum absolute atomic E-state index is 0.121. The minimum atomic E-state index is -0.403. The molecule has 0 spiro atoms. The van der Waals surface area contributed by atoms with Crippen LogP contribution in [0.25, 0.3) is 10.8 Å². The van der Waals surface area contributed by atoms with Gasteiger partial charge in [-0.3, -0.25) is 4.79 Å². The van der Waals surface area contributed by atoms with Gasteiger partial charge in [-0.15, -0.1) is 0 Å². The van der Waals surface area contributed by atoms with E-state index in [1.54, 1.807) is 12.3 Å². The second-order valence-electron chi connectivity index (χ2n) is 6.32. The van der Waals surface area contributed by atoms with Gasteiger partial charge in [-0.2, -0.15) is 0 Å². The molecule has 3 rings (SSSR count). The highest BCUT2D eigenvalue weighted by Crippen LogP contribution is 2.33. The van der Waals surface area contributed by atoms with E-state index in [0.717, 1.165) is 24.1 Å². The molecule has 3 N–H and O–H groups in total. The van der Waals surface area contributed by atoms with Gasteiger partial charge in [-0.25, -0.2) is 4.39 Å². The van der Waals surface area contributed by atoms with Crippen LogP contribution in [-0.2, 0) is 0 Å². The Morgan fingerprint density at radius 1 is 1.32 bits per heavy atom. The van der Waals surface area contributed by atoms with Crippen LogP contribution in [0.5, 0.6) is 5.75 Å². The number of aromatic amines is 1. The molecule has 1 fully saturated rings. The molecule has 1 aliphatic rings. The number of nitrogens with one attached hydrogen (secondary N) is 1. The van der Waals surface area contributed by atoms with Gasteiger partial charge in [0.25, 0.3) is 5.56 Å². The number of hydrogen-bond donors (Lipinski definition) is 2. The van der Waals surface area contributed by atoms with E-state index in [1.807, 2.05) is 12.1 Å². The lowest BCUT2D eigenvalue weighted by Gasteiger charge is -2.28. The van der Waals surface area contributed by atoms with Crippen molar-refractivity contribution in [1.82, 2.24) is 4.98 Å². The molecule has 0 bridgehead atoms. The van der Waals surface area contributed by atoms with E-state index in [9.17, 15) is 9.18 Å². The summed E-state index contributed by atoms with van der Waals surface area (Å²) in [6.07, 6.45) is 7.77. The zero-order valence-electron chi connectivity index (χ0n) is 14.6. The first-order chi connectivity index (χ1) is 12.1. The molecule has 1 heterocycles. The van der Waals surface area contributed by atoms with E-state index >= 15 is 0 Å². The largest absolute Gasteiger partial charge is 0.489 e. The predicted octanol–water partition coefficient (Wildman–Crippen LogP) is 4.44. The summed E-state index contributed by atoms with van der Waals surface area (Å²) < 4.78 is 16.7. The molecular weight excluding hydrogens is 343 g/mol. The quantitative estimate of drug-likeness (QED) is 0.838. The van der Waals surface area contributed by atoms with Gasteiger partial charge in [-0.1, -0.05) is 24.9 Å². The Morgan fingerprint density at radius 3 is 2.60 bits per heavy atom. The van der Waals surface area contributed by atoms with Gasteiger partial charge >= 0.3 is 0 Å². The van der Waals surface area contributed by atoms with E-state index in [-0.39, 0.29) is 18.2 Å². The van der Waals surface area contributed by atoms with E-state index < -0.39 is 6.67 Å². The standard InChI is InChI=1S/C17H20ClNO2.C2H6FN/c1-2-11-3-5-13(6-4-11)21-16-9-12-7-8-19-17(20)14(12)10-15(16)18;3-1-2-4/h7-11,13H,2-6H2,1H3,(H,19,20);1-2,4H2. The van der Waals surface area contributed by atoms with Gasteiger partial charge in [0.2, 0.25) is 0 Å². The summed E-state index contributed by atoms with van der Waals surface area (Å²) in [6.45, 7) is 2.00. The molecule has 0 aliphatic heterocycles. The molecular formula is C19H26ClFN2O2. The number of nitrogens with two attached hydrogens (primary N) is 1. The van der Waals surface area contributed by atoms with Gasteiger partial charge in [-0.05, 0) is 55.2 Å². The molecule has 1 aliphatic carbocycles. The monoisotopic (exact) mass is 368 g/mol. The topological polar surface area (TPSA) is 68.1 Å². The zero-order chi connectivity index (χ0) is 18.2. The van der Waals surface area contributed by atoms with Crippen molar-refractivity contribution < 1.29 is 9.13 Å².